The Hall–Kier alpha value is -0.890. The lowest BCUT2D eigenvalue weighted by molar-refractivity contribution is -0.124. The molecule has 1 aromatic rings. The van der Waals surface area contributed by atoms with E-state index in [0.717, 1.165) is 39.1 Å². The maximum Gasteiger partial charge on any atom is 0.237 e. The number of aryl methyl sites for hydroxylation is 1. The highest BCUT2D eigenvalue weighted by Gasteiger charge is 2.28. The third kappa shape index (κ3) is 6.87. The van der Waals surface area contributed by atoms with Gasteiger partial charge in [0.25, 0.3) is 0 Å². The van der Waals surface area contributed by atoms with Crippen LogP contribution in [0, 0.1) is 12.8 Å². The quantitative estimate of drug-likeness (QED) is 0.717. The lowest BCUT2D eigenvalue weighted by Gasteiger charge is -2.35. The van der Waals surface area contributed by atoms with E-state index in [-0.39, 0.29) is 42.7 Å². The molecule has 0 aliphatic carbocycles. The molecular formula is C20H33Cl2N3O3. The largest absolute Gasteiger partial charge is 0.381 e. The van der Waals surface area contributed by atoms with Crippen LogP contribution >= 0.6 is 24.8 Å². The van der Waals surface area contributed by atoms with E-state index < -0.39 is 6.04 Å². The van der Waals surface area contributed by atoms with Crippen molar-refractivity contribution in [3.05, 3.63) is 35.4 Å². The molecule has 0 bridgehead atoms. The van der Waals surface area contributed by atoms with Gasteiger partial charge >= 0.3 is 0 Å². The Balaban J connectivity index is 0.00000196. The Bertz CT molecular complexity index is 577. The van der Waals surface area contributed by atoms with Gasteiger partial charge in [0.1, 0.15) is 0 Å². The average Bonchev–Trinajstić information content (AvgIpc) is 2.70. The number of morpholine rings is 1. The van der Waals surface area contributed by atoms with Crippen molar-refractivity contribution in [1.82, 2.24) is 10.2 Å². The number of halogens is 2. The van der Waals surface area contributed by atoms with Gasteiger partial charge in [-0.1, -0.05) is 29.8 Å². The van der Waals surface area contributed by atoms with Gasteiger partial charge in [-0.15, -0.1) is 24.8 Å². The third-order valence-corrected chi connectivity index (χ3v) is 5.49. The van der Waals surface area contributed by atoms with Crippen molar-refractivity contribution in [1.29, 1.82) is 0 Å². The van der Waals surface area contributed by atoms with Crippen molar-refractivity contribution in [3.8, 4) is 0 Å². The highest BCUT2D eigenvalue weighted by Crippen LogP contribution is 2.22. The van der Waals surface area contributed by atoms with E-state index in [1.165, 1.54) is 11.1 Å². The molecular weight excluding hydrogens is 401 g/mol. The Labute approximate surface area is 180 Å². The van der Waals surface area contributed by atoms with Crippen LogP contribution in [-0.4, -0.2) is 62.9 Å². The minimum Gasteiger partial charge on any atom is -0.381 e. The van der Waals surface area contributed by atoms with E-state index in [0.29, 0.717) is 19.8 Å². The molecule has 0 spiro atoms. The van der Waals surface area contributed by atoms with Gasteiger partial charge in [-0.2, -0.15) is 0 Å². The molecule has 2 unspecified atom stereocenters. The molecule has 2 aliphatic heterocycles. The number of hydrogen-bond donors (Lipinski definition) is 2. The number of rotatable bonds is 6. The second kappa shape index (κ2) is 12.6. The van der Waals surface area contributed by atoms with E-state index in [1.54, 1.807) is 0 Å². The van der Waals surface area contributed by atoms with Gasteiger partial charge in [-0.05, 0) is 31.2 Å². The summed E-state index contributed by atoms with van der Waals surface area (Å²) in [4.78, 5) is 15.0. The number of ether oxygens (including phenoxy) is 2. The van der Waals surface area contributed by atoms with Gasteiger partial charge in [0.2, 0.25) is 5.91 Å². The maximum absolute atomic E-state index is 12.6. The van der Waals surface area contributed by atoms with Crippen molar-refractivity contribution in [2.45, 2.75) is 31.8 Å². The number of hydrogen-bond acceptors (Lipinski definition) is 5. The molecule has 28 heavy (non-hydrogen) atoms. The second-order valence-corrected chi connectivity index (χ2v) is 7.30. The topological polar surface area (TPSA) is 76.8 Å². The smallest absolute Gasteiger partial charge is 0.237 e. The number of nitrogens with two attached hydrogens (primary N) is 1. The van der Waals surface area contributed by atoms with Crippen LogP contribution in [-0.2, 0) is 14.3 Å². The summed E-state index contributed by atoms with van der Waals surface area (Å²) in [6.45, 7) is 7.27. The van der Waals surface area contributed by atoms with Gasteiger partial charge < -0.3 is 20.5 Å². The van der Waals surface area contributed by atoms with Gasteiger partial charge in [-0.3, -0.25) is 9.69 Å². The minimum absolute atomic E-state index is 0. The van der Waals surface area contributed by atoms with E-state index in [9.17, 15) is 4.79 Å². The molecule has 3 N–H and O–H groups in total. The molecule has 160 valence electrons. The summed E-state index contributed by atoms with van der Waals surface area (Å²) < 4.78 is 10.9. The van der Waals surface area contributed by atoms with Crippen LogP contribution in [0.3, 0.4) is 0 Å². The normalized spacial score (nSPS) is 20.4. The van der Waals surface area contributed by atoms with Crippen molar-refractivity contribution >= 4 is 30.7 Å². The van der Waals surface area contributed by atoms with Crippen LogP contribution in [0.1, 0.15) is 30.0 Å². The van der Waals surface area contributed by atoms with Crippen LogP contribution in [0.5, 0.6) is 0 Å². The SMILES string of the molecule is Cc1ccc(C(CNC(=O)C(N)C2CCOCC2)N2CCOCC2)cc1.Cl.Cl. The van der Waals surface area contributed by atoms with Crippen molar-refractivity contribution in [3.63, 3.8) is 0 Å². The molecule has 0 saturated carbocycles. The van der Waals surface area contributed by atoms with Gasteiger partial charge in [0.05, 0.1) is 25.3 Å². The van der Waals surface area contributed by atoms with Crippen LogP contribution < -0.4 is 11.1 Å². The average molecular weight is 434 g/mol. The molecule has 2 heterocycles. The highest BCUT2D eigenvalue weighted by atomic mass is 35.5. The van der Waals surface area contributed by atoms with E-state index in [2.05, 4.69) is 41.4 Å². The molecule has 2 saturated heterocycles. The molecule has 0 radical (unpaired) electrons. The minimum atomic E-state index is -0.456. The number of carbonyl (C=O) groups is 1. The molecule has 1 aromatic carbocycles. The second-order valence-electron chi connectivity index (χ2n) is 7.30. The summed E-state index contributed by atoms with van der Waals surface area (Å²) in [6, 6.07) is 8.24. The number of carbonyl (C=O) groups excluding carboxylic acids is 1. The van der Waals surface area contributed by atoms with Gasteiger partial charge in [0, 0.05) is 32.8 Å². The van der Waals surface area contributed by atoms with Gasteiger partial charge in [0.15, 0.2) is 0 Å². The number of nitrogens with one attached hydrogen (secondary N) is 1. The fourth-order valence-electron chi connectivity index (χ4n) is 3.74. The third-order valence-electron chi connectivity index (χ3n) is 5.49. The molecule has 6 nitrogen and oxygen atoms in total. The van der Waals surface area contributed by atoms with Crippen LogP contribution in [0.2, 0.25) is 0 Å². The Morgan fingerprint density at radius 3 is 2.29 bits per heavy atom. The first-order valence-electron chi connectivity index (χ1n) is 9.64. The Kier molecular flexibility index (Phi) is 11.3. The zero-order valence-electron chi connectivity index (χ0n) is 16.5. The van der Waals surface area contributed by atoms with Crippen LogP contribution in [0.4, 0.5) is 0 Å². The summed E-state index contributed by atoms with van der Waals surface area (Å²) >= 11 is 0. The molecule has 0 aromatic heterocycles. The van der Waals surface area contributed by atoms with Gasteiger partial charge in [-0.25, -0.2) is 0 Å². The maximum atomic E-state index is 12.6. The lowest BCUT2D eigenvalue weighted by Crippen LogP contribution is -2.50. The van der Waals surface area contributed by atoms with Crippen LogP contribution in [0.25, 0.3) is 0 Å². The number of nitrogens with zero attached hydrogens (tertiary/aromatic N) is 1. The lowest BCUT2D eigenvalue weighted by atomic mass is 9.91. The Morgan fingerprint density at radius 2 is 1.68 bits per heavy atom. The Morgan fingerprint density at radius 1 is 1.11 bits per heavy atom. The number of amides is 1. The van der Waals surface area contributed by atoms with Crippen molar-refractivity contribution < 1.29 is 14.3 Å². The fraction of sp³-hybridized carbons (Fsp3) is 0.650. The first-order valence-corrected chi connectivity index (χ1v) is 9.64. The predicted octanol–water partition coefficient (Wildman–Crippen LogP) is 2.08. The zero-order chi connectivity index (χ0) is 18.4. The predicted molar refractivity (Wildman–Crippen MR) is 115 cm³/mol. The summed E-state index contributed by atoms with van der Waals surface area (Å²) in [6.07, 6.45) is 1.72. The zero-order valence-corrected chi connectivity index (χ0v) is 18.1. The van der Waals surface area contributed by atoms with E-state index in [1.807, 2.05) is 0 Å². The summed E-state index contributed by atoms with van der Waals surface area (Å²) in [5.41, 5.74) is 8.67. The molecule has 8 heteroatoms. The molecule has 2 aliphatic rings. The fourth-order valence-corrected chi connectivity index (χ4v) is 3.74. The van der Waals surface area contributed by atoms with E-state index in [4.69, 9.17) is 15.2 Å². The summed E-state index contributed by atoms with van der Waals surface area (Å²) in [7, 11) is 0. The summed E-state index contributed by atoms with van der Waals surface area (Å²) in [5, 5.41) is 3.10. The molecule has 2 atom stereocenters. The molecule has 2 fully saturated rings. The summed E-state index contributed by atoms with van der Waals surface area (Å²) in [5.74, 6) is 0.159. The van der Waals surface area contributed by atoms with Crippen molar-refractivity contribution in [2.75, 3.05) is 46.1 Å². The van der Waals surface area contributed by atoms with Crippen LogP contribution in [0.15, 0.2) is 24.3 Å². The monoisotopic (exact) mass is 433 g/mol. The van der Waals surface area contributed by atoms with E-state index >= 15 is 0 Å². The number of benzene rings is 1. The molecule has 3 rings (SSSR count). The first kappa shape index (κ1) is 25.1. The van der Waals surface area contributed by atoms with Crippen molar-refractivity contribution in [2.24, 2.45) is 11.7 Å². The standard InChI is InChI=1S/C20H31N3O3.2ClH/c1-15-2-4-16(5-3-15)18(23-8-12-26-13-9-23)14-22-20(24)19(21)17-6-10-25-11-7-17;;/h2-5,17-19H,6-14,21H2,1H3,(H,22,24);2*1H. The first-order chi connectivity index (χ1) is 12.6. The molecule has 1 amide bonds. The highest BCUT2D eigenvalue weighted by molar-refractivity contribution is 5.85.